The SMILES string of the molecule is COCc1cc(CNC(=O)CCN2CCCCCCC2)[nH]n1. The van der Waals surface area contributed by atoms with E-state index in [1.807, 2.05) is 6.07 Å². The summed E-state index contributed by atoms with van der Waals surface area (Å²) >= 11 is 0. The van der Waals surface area contributed by atoms with Crippen molar-refractivity contribution < 1.29 is 9.53 Å². The molecule has 1 fully saturated rings. The minimum atomic E-state index is 0.102. The first-order valence-corrected chi connectivity index (χ1v) is 8.29. The number of ether oxygens (including phenoxy) is 1. The molecular formula is C16H28N4O2. The number of hydrogen-bond donors (Lipinski definition) is 2. The van der Waals surface area contributed by atoms with Crippen LogP contribution in [0.5, 0.6) is 0 Å². The van der Waals surface area contributed by atoms with Gasteiger partial charge in [-0.15, -0.1) is 0 Å². The second kappa shape index (κ2) is 9.58. The molecule has 0 aliphatic carbocycles. The average Bonchev–Trinajstić information content (AvgIpc) is 2.92. The molecule has 2 N–H and O–H groups in total. The van der Waals surface area contributed by atoms with Crippen molar-refractivity contribution in [2.75, 3.05) is 26.7 Å². The Morgan fingerprint density at radius 2 is 2.05 bits per heavy atom. The number of methoxy groups -OCH3 is 1. The third kappa shape index (κ3) is 6.15. The van der Waals surface area contributed by atoms with E-state index in [1.54, 1.807) is 7.11 Å². The van der Waals surface area contributed by atoms with E-state index in [4.69, 9.17) is 4.74 Å². The first kappa shape index (κ1) is 17.0. The second-order valence-electron chi connectivity index (χ2n) is 5.95. The molecule has 0 saturated carbocycles. The largest absolute Gasteiger partial charge is 0.378 e. The molecule has 0 atom stereocenters. The summed E-state index contributed by atoms with van der Waals surface area (Å²) in [6.07, 6.45) is 7.11. The summed E-state index contributed by atoms with van der Waals surface area (Å²) in [5.41, 5.74) is 1.76. The number of amides is 1. The third-order valence-electron chi connectivity index (χ3n) is 4.06. The lowest BCUT2D eigenvalue weighted by Gasteiger charge is -2.24. The van der Waals surface area contributed by atoms with Crippen LogP contribution in [0.3, 0.4) is 0 Å². The van der Waals surface area contributed by atoms with Gasteiger partial charge in [0.1, 0.15) is 0 Å². The summed E-state index contributed by atoms with van der Waals surface area (Å²) in [6.45, 7) is 4.11. The summed E-state index contributed by atoms with van der Waals surface area (Å²) < 4.78 is 5.02. The number of nitrogens with one attached hydrogen (secondary N) is 2. The van der Waals surface area contributed by atoms with Crippen molar-refractivity contribution >= 4 is 5.91 Å². The van der Waals surface area contributed by atoms with E-state index in [9.17, 15) is 4.79 Å². The summed E-state index contributed by atoms with van der Waals surface area (Å²) in [5, 5.41) is 9.97. The normalized spacial score (nSPS) is 17.0. The van der Waals surface area contributed by atoms with E-state index >= 15 is 0 Å². The molecule has 2 heterocycles. The van der Waals surface area contributed by atoms with Crippen molar-refractivity contribution in [3.05, 3.63) is 17.5 Å². The number of carbonyl (C=O) groups excluding carboxylic acids is 1. The highest BCUT2D eigenvalue weighted by atomic mass is 16.5. The van der Waals surface area contributed by atoms with Gasteiger partial charge in [-0.05, 0) is 32.0 Å². The average molecular weight is 308 g/mol. The highest BCUT2D eigenvalue weighted by Crippen LogP contribution is 2.10. The Morgan fingerprint density at radius 1 is 1.32 bits per heavy atom. The molecule has 6 nitrogen and oxygen atoms in total. The van der Waals surface area contributed by atoms with Crippen LogP contribution in [0.25, 0.3) is 0 Å². The van der Waals surface area contributed by atoms with Gasteiger partial charge in [-0.25, -0.2) is 0 Å². The number of rotatable bonds is 7. The van der Waals surface area contributed by atoms with E-state index < -0.39 is 0 Å². The molecule has 1 amide bonds. The van der Waals surface area contributed by atoms with Gasteiger partial charge < -0.3 is 15.0 Å². The van der Waals surface area contributed by atoms with Crippen molar-refractivity contribution in [2.24, 2.45) is 0 Å². The van der Waals surface area contributed by atoms with Gasteiger partial charge in [0.15, 0.2) is 0 Å². The van der Waals surface area contributed by atoms with Gasteiger partial charge in [-0.1, -0.05) is 19.3 Å². The zero-order valence-corrected chi connectivity index (χ0v) is 13.6. The highest BCUT2D eigenvalue weighted by Gasteiger charge is 2.10. The third-order valence-corrected chi connectivity index (χ3v) is 4.06. The Labute approximate surface area is 132 Å². The lowest BCUT2D eigenvalue weighted by molar-refractivity contribution is -0.121. The molecular weight excluding hydrogens is 280 g/mol. The number of aromatic nitrogens is 2. The molecule has 124 valence electrons. The number of likely N-dealkylation sites (tertiary alicyclic amines) is 1. The number of carbonyl (C=O) groups is 1. The Hall–Kier alpha value is -1.40. The lowest BCUT2D eigenvalue weighted by atomic mass is 10.1. The minimum absolute atomic E-state index is 0.102. The molecule has 0 unspecified atom stereocenters. The summed E-state index contributed by atoms with van der Waals surface area (Å²) in [5.74, 6) is 0.102. The van der Waals surface area contributed by atoms with E-state index in [1.165, 1.54) is 32.1 Å². The molecule has 0 bridgehead atoms. The lowest BCUT2D eigenvalue weighted by Crippen LogP contribution is -2.32. The Balaban J connectivity index is 1.64. The number of H-pyrrole nitrogens is 1. The topological polar surface area (TPSA) is 70.2 Å². The fourth-order valence-corrected chi connectivity index (χ4v) is 2.80. The summed E-state index contributed by atoms with van der Waals surface area (Å²) in [7, 11) is 1.64. The fraction of sp³-hybridized carbons (Fsp3) is 0.750. The van der Waals surface area contributed by atoms with Gasteiger partial charge in [0.2, 0.25) is 5.91 Å². The van der Waals surface area contributed by atoms with Crippen LogP contribution in [0, 0.1) is 0 Å². The molecule has 1 saturated heterocycles. The predicted octanol–water partition coefficient (Wildman–Crippen LogP) is 1.83. The zero-order chi connectivity index (χ0) is 15.6. The molecule has 22 heavy (non-hydrogen) atoms. The van der Waals surface area contributed by atoms with Crippen LogP contribution in [0.15, 0.2) is 6.07 Å². The maximum Gasteiger partial charge on any atom is 0.221 e. The van der Waals surface area contributed by atoms with Crippen LogP contribution in [-0.4, -0.2) is 47.7 Å². The van der Waals surface area contributed by atoms with Crippen molar-refractivity contribution in [3.63, 3.8) is 0 Å². The van der Waals surface area contributed by atoms with Gasteiger partial charge in [-0.3, -0.25) is 9.89 Å². The van der Waals surface area contributed by atoms with E-state index in [2.05, 4.69) is 20.4 Å². The molecule has 1 aromatic rings. The van der Waals surface area contributed by atoms with E-state index in [-0.39, 0.29) is 5.91 Å². The van der Waals surface area contributed by atoms with Gasteiger partial charge in [0.05, 0.1) is 24.5 Å². The van der Waals surface area contributed by atoms with Crippen molar-refractivity contribution in [1.29, 1.82) is 0 Å². The van der Waals surface area contributed by atoms with Crippen LogP contribution in [0.2, 0.25) is 0 Å². The fourth-order valence-electron chi connectivity index (χ4n) is 2.80. The number of aromatic amines is 1. The van der Waals surface area contributed by atoms with Gasteiger partial charge in [-0.2, -0.15) is 5.10 Å². The molecule has 0 aromatic carbocycles. The molecule has 0 radical (unpaired) electrons. The molecule has 1 aliphatic heterocycles. The van der Waals surface area contributed by atoms with Crippen LogP contribution >= 0.6 is 0 Å². The Bertz CT molecular complexity index is 439. The summed E-state index contributed by atoms with van der Waals surface area (Å²) in [6, 6.07) is 1.92. The van der Waals surface area contributed by atoms with Crippen molar-refractivity contribution in [3.8, 4) is 0 Å². The van der Waals surface area contributed by atoms with Gasteiger partial charge in [0, 0.05) is 20.1 Å². The van der Waals surface area contributed by atoms with E-state index in [0.29, 0.717) is 19.6 Å². The minimum Gasteiger partial charge on any atom is -0.378 e. The summed E-state index contributed by atoms with van der Waals surface area (Å²) in [4.78, 5) is 14.4. The molecule has 1 aliphatic rings. The smallest absolute Gasteiger partial charge is 0.221 e. The monoisotopic (exact) mass is 308 g/mol. The van der Waals surface area contributed by atoms with Gasteiger partial charge >= 0.3 is 0 Å². The Morgan fingerprint density at radius 3 is 2.77 bits per heavy atom. The highest BCUT2D eigenvalue weighted by molar-refractivity contribution is 5.75. The first-order chi connectivity index (χ1) is 10.8. The predicted molar refractivity (Wildman–Crippen MR) is 85.3 cm³/mol. The van der Waals surface area contributed by atoms with Crippen LogP contribution in [0.4, 0.5) is 0 Å². The van der Waals surface area contributed by atoms with Crippen molar-refractivity contribution in [1.82, 2.24) is 20.4 Å². The van der Waals surface area contributed by atoms with Gasteiger partial charge in [0.25, 0.3) is 0 Å². The standard InChI is InChI=1S/C16H28N4O2/c1-22-13-15-11-14(18-19-15)12-17-16(21)7-10-20-8-5-3-2-4-6-9-20/h11H,2-10,12-13H2,1H3,(H,17,21)(H,18,19). The number of nitrogens with zero attached hydrogens (tertiary/aromatic N) is 2. The number of hydrogen-bond acceptors (Lipinski definition) is 4. The molecule has 1 aromatic heterocycles. The first-order valence-electron chi connectivity index (χ1n) is 8.29. The van der Waals surface area contributed by atoms with Crippen LogP contribution < -0.4 is 5.32 Å². The zero-order valence-electron chi connectivity index (χ0n) is 13.6. The quantitative estimate of drug-likeness (QED) is 0.806. The maximum absolute atomic E-state index is 11.9. The van der Waals surface area contributed by atoms with Crippen LogP contribution in [-0.2, 0) is 22.7 Å². The van der Waals surface area contributed by atoms with Crippen molar-refractivity contribution in [2.45, 2.75) is 51.7 Å². The Kier molecular flexibility index (Phi) is 7.39. The molecule has 0 spiro atoms. The maximum atomic E-state index is 11.9. The van der Waals surface area contributed by atoms with Crippen LogP contribution in [0.1, 0.15) is 49.9 Å². The second-order valence-corrected chi connectivity index (χ2v) is 5.95. The van der Waals surface area contributed by atoms with E-state index in [0.717, 1.165) is 31.0 Å². The molecule has 6 heteroatoms. The molecule has 2 rings (SSSR count).